The molecular weight excluding hydrogens is 291 g/mol. The van der Waals surface area contributed by atoms with Gasteiger partial charge in [-0.15, -0.1) is 0 Å². The van der Waals surface area contributed by atoms with Crippen LogP contribution in [0.3, 0.4) is 0 Å². The van der Waals surface area contributed by atoms with Gasteiger partial charge in [0.2, 0.25) is 0 Å². The van der Waals surface area contributed by atoms with Gasteiger partial charge < -0.3 is 10.5 Å². The zero-order valence-electron chi connectivity index (χ0n) is 9.06. The Morgan fingerprint density at radius 2 is 1.94 bits per heavy atom. The molecule has 0 bridgehead atoms. The van der Waals surface area contributed by atoms with Gasteiger partial charge in [0, 0.05) is 23.4 Å². The molecule has 3 nitrogen and oxygen atoms in total. The SMILES string of the molecule is NC(=S)c1ccc(Cl)cc1Oc1cncc(Cl)c1. The van der Waals surface area contributed by atoms with Crippen molar-refractivity contribution in [1.82, 2.24) is 4.98 Å². The first-order valence-corrected chi connectivity index (χ1v) is 6.10. The fraction of sp³-hybridized carbons (Fsp3) is 0. The Hall–Kier alpha value is -1.36. The predicted octanol–water partition coefficient (Wildman–Crippen LogP) is 3.81. The molecule has 0 radical (unpaired) electrons. The molecule has 0 spiro atoms. The van der Waals surface area contributed by atoms with Crippen molar-refractivity contribution in [2.45, 2.75) is 0 Å². The fourth-order valence-electron chi connectivity index (χ4n) is 1.36. The predicted molar refractivity (Wildman–Crippen MR) is 76.7 cm³/mol. The van der Waals surface area contributed by atoms with Crippen molar-refractivity contribution >= 4 is 40.4 Å². The van der Waals surface area contributed by atoms with Crippen LogP contribution >= 0.6 is 35.4 Å². The molecule has 0 aliphatic heterocycles. The van der Waals surface area contributed by atoms with Crippen LogP contribution in [-0.4, -0.2) is 9.97 Å². The Bertz CT molecular complexity index is 604. The Morgan fingerprint density at radius 3 is 2.61 bits per heavy atom. The summed E-state index contributed by atoms with van der Waals surface area (Å²) in [5.74, 6) is 0.960. The zero-order valence-corrected chi connectivity index (χ0v) is 11.4. The van der Waals surface area contributed by atoms with Crippen LogP contribution in [0.1, 0.15) is 5.56 Å². The molecule has 0 saturated heterocycles. The molecule has 6 heteroatoms. The number of halogens is 2. The summed E-state index contributed by atoms with van der Waals surface area (Å²) in [6.45, 7) is 0. The summed E-state index contributed by atoms with van der Waals surface area (Å²) < 4.78 is 5.63. The summed E-state index contributed by atoms with van der Waals surface area (Å²) in [5, 5.41) is 1.01. The molecule has 2 N–H and O–H groups in total. The number of aromatic nitrogens is 1. The number of thiocarbonyl (C=S) groups is 1. The maximum absolute atomic E-state index is 5.91. The second kappa shape index (κ2) is 5.52. The minimum Gasteiger partial charge on any atom is -0.455 e. The average Bonchev–Trinajstić information content (AvgIpc) is 2.28. The lowest BCUT2D eigenvalue weighted by molar-refractivity contribution is 0.479. The molecule has 1 aromatic carbocycles. The standard InChI is InChI=1S/C12H8Cl2N2OS/c13-7-1-2-10(12(15)18)11(4-7)17-9-3-8(14)5-16-6-9/h1-6H,(H2,15,18). The fourth-order valence-corrected chi connectivity index (χ4v) is 1.85. The summed E-state index contributed by atoms with van der Waals surface area (Å²) in [4.78, 5) is 4.16. The molecule has 0 amide bonds. The highest BCUT2D eigenvalue weighted by molar-refractivity contribution is 7.80. The molecule has 18 heavy (non-hydrogen) atoms. The molecule has 1 heterocycles. The molecule has 0 atom stereocenters. The smallest absolute Gasteiger partial charge is 0.147 e. The molecule has 2 aromatic rings. The van der Waals surface area contributed by atoms with Crippen molar-refractivity contribution in [3.05, 3.63) is 52.3 Å². The number of hydrogen-bond acceptors (Lipinski definition) is 3. The van der Waals surface area contributed by atoms with Crippen LogP contribution in [0, 0.1) is 0 Å². The summed E-state index contributed by atoms with van der Waals surface area (Å²) in [7, 11) is 0. The van der Waals surface area contributed by atoms with Gasteiger partial charge in [-0.25, -0.2) is 0 Å². The number of ether oxygens (including phenoxy) is 1. The van der Waals surface area contributed by atoms with E-state index in [9.17, 15) is 0 Å². The van der Waals surface area contributed by atoms with Crippen molar-refractivity contribution in [3.63, 3.8) is 0 Å². The zero-order chi connectivity index (χ0) is 13.1. The van der Waals surface area contributed by atoms with Gasteiger partial charge in [0.25, 0.3) is 0 Å². The quantitative estimate of drug-likeness (QED) is 0.875. The maximum atomic E-state index is 5.91. The second-order valence-corrected chi connectivity index (χ2v) is 4.76. The Kier molecular flexibility index (Phi) is 4.01. The van der Waals surface area contributed by atoms with E-state index in [1.165, 1.54) is 12.4 Å². The lowest BCUT2D eigenvalue weighted by Gasteiger charge is -2.10. The molecule has 0 unspecified atom stereocenters. The first kappa shape index (κ1) is 13.1. The minimum atomic E-state index is 0.233. The van der Waals surface area contributed by atoms with Gasteiger partial charge in [0.15, 0.2) is 0 Å². The van der Waals surface area contributed by atoms with Crippen molar-refractivity contribution in [1.29, 1.82) is 0 Å². The van der Waals surface area contributed by atoms with Crippen LogP contribution in [-0.2, 0) is 0 Å². The van der Waals surface area contributed by atoms with E-state index >= 15 is 0 Å². The first-order valence-electron chi connectivity index (χ1n) is 4.94. The number of nitrogens with zero attached hydrogens (tertiary/aromatic N) is 1. The molecule has 92 valence electrons. The van der Waals surface area contributed by atoms with E-state index in [0.717, 1.165) is 0 Å². The Morgan fingerprint density at radius 1 is 1.17 bits per heavy atom. The van der Waals surface area contributed by atoms with Crippen LogP contribution in [0.4, 0.5) is 0 Å². The van der Waals surface area contributed by atoms with Gasteiger partial charge in [0.05, 0.1) is 16.8 Å². The molecule has 2 rings (SSSR count). The third-order valence-electron chi connectivity index (χ3n) is 2.12. The Balaban J connectivity index is 2.39. The van der Waals surface area contributed by atoms with E-state index in [1.807, 2.05) is 0 Å². The van der Waals surface area contributed by atoms with Gasteiger partial charge in [-0.3, -0.25) is 4.98 Å². The topological polar surface area (TPSA) is 48.1 Å². The number of rotatable bonds is 3. The highest BCUT2D eigenvalue weighted by Crippen LogP contribution is 2.29. The third-order valence-corrected chi connectivity index (χ3v) is 2.78. The van der Waals surface area contributed by atoms with E-state index in [1.54, 1.807) is 24.3 Å². The van der Waals surface area contributed by atoms with E-state index in [4.69, 9.17) is 45.9 Å². The van der Waals surface area contributed by atoms with Crippen LogP contribution in [0.2, 0.25) is 10.0 Å². The van der Waals surface area contributed by atoms with Gasteiger partial charge in [-0.1, -0.05) is 35.4 Å². The van der Waals surface area contributed by atoms with Crippen molar-refractivity contribution < 1.29 is 4.74 Å². The molecule has 0 aliphatic rings. The van der Waals surface area contributed by atoms with Gasteiger partial charge in [-0.2, -0.15) is 0 Å². The minimum absolute atomic E-state index is 0.233. The van der Waals surface area contributed by atoms with Crippen LogP contribution in [0.15, 0.2) is 36.7 Å². The van der Waals surface area contributed by atoms with Crippen LogP contribution < -0.4 is 10.5 Å². The van der Waals surface area contributed by atoms with E-state index < -0.39 is 0 Å². The van der Waals surface area contributed by atoms with E-state index in [2.05, 4.69) is 4.98 Å². The van der Waals surface area contributed by atoms with Gasteiger partial charge >= 0.3 is 0 Å². The summed E-state index contributed by atoms with van der Waals surface area (Å²) in [6.07, 6.45) is 3.05. The summed E-state index contributed by atoms with van der Waals surface area (Å²) in [6, 6.07) is 6.67. The largest absolute Gasteiger partial charge is 0.455 e. The van der Waals surface area contributed by atoms with Crippen LogP contribution in [0.5, 0.6) is 11.5 Å². The van der Waals surface area contributed by atoms with Gasteiger partial charge in [-0.05, 0) is 12.1 Å². The average molecular weight is 299 g/mol. The first-order chi connectivity index (χ1) is 8.56. The Labute approximate surface area is 119 Å². The monoisotopic (exact) mass is 298 g/mol. The molecule has 0 aliphatic carbocycles. The maximum Gasteiger partial charge on any atom is 0.147 e. The van der Waals surface area contributed by atoms with Gasteiger partial charge in [0.1, 0.15) is 16.5 Å². The normalized spacial score (nSPS) is 10.1. The molecular formula is C12H8Cl2N2OS. The number of hydrogen-bond donors (Lipinski definition) is 1. The summed E-state index contributed by atoms with van der Waals surface area (Å²) in [5.41, 5.74) is 6.22. The number of benzene rings is 1. The molecule has 0 saturated carbocycles. The van der Waals surface area contributed by atoms with Crippen molar-refractivity contribution in [3.8, 4) is 11.5 Å². The van der Waals surface area contributed by atoms with Crippen LogP contribution in [0.25, 0.3) is 0 Å². The van der Waals surface area contributed by atoms with E-state index in [0.29, 0.717) is 27.1 Å². The highest BCUT2D eigenvalue weighted by atomic mass is 35.5. The van der Waals surface area contributed by atoms with Crippen molar-refractivity contribution in [2.24, 2.45) is 5.73 Å². The lowest BCUT2D eigenvalue weighted by Crippen LogP contribution is -2.10. The van der Waals surface area contributed by atoms with E-state index in [-0.39, 0.29) is 4.99 Å². The highest BCUT2D eigenvalue weighted by Gasteiger charge is 2.09. The molecule has 1 aromatic heterocycles. The number of pyridine rings is 1. The molecule has 0 fully saturated rings. The summed E-state index contributed by atoms with van der Waals surface area (Å²) >= 11 is 16.7. The second-order valence-electron chi connectivity index (χ2n) is 3.45. The number of nitrogens with two attached hydrogens (primary N) is 1. The van der Waals surface area contributed by atoms with Crippen molar-refractivity contribution in [2.75, 3.05) is 0 Å². The lowest BCUT2D eigenvalue weighted by atomic mass is 10.2. The third kappa shape index (κ3) is 3.10.